The topological polar surface area (TPSA) is 40.8 Å². The van der Waals surface area contributed by atoms with Crippen molar-refractivity contribution >= 4 is 21.6 Å². The summed E-state index contributed by atoms with van der Waals surface area (Å²) in [6.07, 6.45) is 0. The van der Waals surface area contributed by atoms with Gasteiger partial charge in [-0.25, -0.2) is 4.39 Å². The van der Waals surface area contributed by atoms with Gasteiger partial charge in [-0.05, 0) is 52.7 Å². The summed E-state index contributed by atoms with van der Waals surface area (Å²) in [5.74, 6) is -0.284. The van der Waals surface area contributed by atoms with Crippen molar-refractivity contribution < 1.29 is 4.39 Å². The van der Waals surface area contributed by atoms with E-state index in [1.165, 1.54) is 12.1 Å². The number of nitrogens with one attached hydrogen (secondary N) is 1. The first-order valence-corrected chi connectivity index (χ1v) is 6.56. The molecule has 3 nitrogen and oxygen atoms in total. The fraction of sp³-hybridized carbons (Fsp3) is 0.214. The van der Waals surface area contributed by atoms with Gasteiger partial charge in [0.2, 0.25) is 0 Å². The molecule has 0 fully saturated rings. The number of nitriles is 1. The Kier molecular flexibility index (Phi) is 3.91. The van der Waals surface area contributed by atoms with E-state index in [2.05, 4.69) is 27.3 Å². The van der Waals surface area contributed by atoms with Crippen molar-refractivity contribution in [3.63, 3.8) is 0 Å². The molecule has 0 radical (unpaired) electrons. The summed E-state index contributed by atoms with van der Waals surface area (Å²) in [4.78, 5) is 0. The van der Waals surface area contributed by atoms with Crippen LogP contribution in [0.25, 0.3) is 0 Å². The van der Waals surface area contributed by atoms with Gasteiger partial charge >= 0.3 is 0 Å². The molecule has 0 amide bonds. The van der Waals surface area contributed by atoms with Crippen LogP contribution in [0.4, 0.5) is 10.1 Å². The van der Waals surface area contributed by atoms with Gasteiger partial charge in [0.25, 0.3) is 0 Å². The highest BCUT2D eigenvalue weighted by Crippen LogP contribution is 2.24. The summed E-state index contributed by atoms with van der Waals surface area (Å²) >= 11 is 3.37. The van der Waals surface area contributed by atoms with Crippen molar-refractivity contribution in [3.8, 4) is 6.07 Å². The van der Waals surface area contributed by atoms with Gasteiger partial charge in [0.05, 0.1) is 5.69 Å². The Morgan fingerprint density at radius 2 is 2.16 bits per heavy atom. The largest absolute Gasteiger partial charge is 0.380 e. The Bertz CT molecular complexity index is 655. The highest BCUT2D eigenvalue weighted by molar-refractivity contribution is 9.10. The van der Waals surface area contributed by atoms with Gasteiger partial charge in [0.1, 0.15) is 17.6 Å². The molecular weight excluding hydrogens is 309 g/mol. The number of rotatable bonds is 3. The van der Waals surface area contributed by atoms with Gasteiger partial charge in [0, 0.05) is 23.8 Å². The molecule has 5 heteroatoms. The van der Waals surface area contributed by atoms with E-state index in [1.807, 2.05) is 24.6 Å². The van der Waals surface area contributed by atoms with Crippen LogP contribution in [0.1, 0.15) is 17.0 Å². The summed E-state index contributed by atoms with van der Waals surface area (Å²) in [5, 5.41) is 12.1. The zero-order valence-electron chi connectivity index (χ0n) is 10.7. The Balaban J connectivity index is 2.19. The average Bonchev–Trinajstić information content (AvgIpc) is 2.67. The first-order chi connectivity index (χ1) is 9.02. The number of anilines is 1. The fourth-order valence-corrected chi connectivity index (χ4v) is 2.26. The summed E-state index contributed by atoms with van der Waals surface area (Å²) in [6.45, 7) is 2.50. The standard InChI is InChI=1S/C14H13BrFN3/c1-9-10(5-12(7-17)19(9)2)8-18-14-6-11(16)3-4-13(14)15/h3-6,18H,8H2,1-2H3. The molecule has 0 unspecified atom stereocenters. The Labute approximate surface area is 119 Å². The molecule has 1 aromatic heterocycles. The van der Waals surface area contributed by atoms with E-state index in [4.69, 9.17) is 5.26 Å². The molecule has 0 aliphatic rings. The maximum Gasteiger partial charge on any atom is 0.125 e. The summed E-state index contributed by atoms with van der Waals surface area (Å²) in [6, 6.07) is 8.48. The van der Waals surface area contributed by atoms with Crippen LogP contribution in [0.15, 0.2) is 28.7 Å². The normalized spacial score (nSPS) is 10.3. The molecule has 98 valence electrons. The van der Waals surface area contributed by atoms with Crippen molar-refractivity contribution in [2.45, 2.75) is 13.5 Å². The predicted molar refractivity (Wildman–Crippen MR) is 76.3 cm³/mol. The summed E-state index contributed by atoms with van der Waals surface area (Å²) < 4.78 is 15.8. The van der Waals surface area contributed by atoms with Crippen LogP contribution in [0.2, 0.25) is 0 Å². The Morgan fingerprint density at radius 3 is 2.79 bits per heavy atom. The minimum absolute atomic E-state index is 0.284. The molecule has 1 aromatic carbocycles. The first kappa shape index (κ1) is 13.6. The molecule has 19 heavy (non-hydrogen) atoms. The average molecular weight is 322 g/mol. The van der Waals surface area contributed by atoms with Gasteiger partial charge in [-0.2, -0.15) is 5.26 Å². The zero-order chi connectivity index (χ0) is 14.0. The van der Waals surface area contributed by atoms with Gasteiger partial charge in [-0.3, -0.25) is 0 Å². The molecule has 2 rings (SSSR count). The smallest absolute Gasteiger partial charge is 0.125 e. The van der Waals surface area contributed by atoms with Crippen LogP contribution in [0.3, 0.4) is 0 Å². The van der Waals surface area contributed by atoms with Crippen molar-refractivity contribution in [3.05, 3.63) is 51.5 Å². The highest BCUT2D eigenvalue weighted by atomic mass is 79.9. The van der Waals surface area contributed by atoms with Gasteiger partial charge in [-0.1, -0.05) is 0 Å². The molecule has 0 atom stereocenters. The molecule has 0 aliphatic carbocycles. The number of aromatic nitrogens is 1. The molecule has 0 saturated heterocycles. The van der Waals surface area contributed by atoms with Crippen LogP contribution < -0.4 is 5.32 Å². The van der Waals surface area contributed by atoms with E-state index in [1.54, 1.807) is 6.07 Å². The number of hydrogen-bond donors (Lipinski definition) is 1. The summed E-state index contributed by atoms with van der Waals surface area (Å²) in [5.41, 5.74) is 3.36. The maximum absolute atomic E-state index is 13.2. The number of halogens is 2. The van der Waals surface area contributed by atoms with E-state index in [0.29, 0.717) is 17.9 Å². The van der Waals surface area contributed by atoms with Crippen LogP contribution in [0.5, 0.6) is 0 Å². The van der Waals surface area contributed by atoms with Crippen molar-refractivity contribution in [2.75, 3.05) is 5.32 Å². The Morgan fingerprint density at radius 1 is 1.42 bits per heavy atom. The van der Waals surface area contributed by atoms with Crippen molar-refractivity contribution in [1.29, 1.82) is 5.26 Å². The minimum Gasteiger partial charge on any atom is -0.380 e. The third-order valence-electron chi connectivity index (χ3n) is 3.15. The summed E-state index contributed by atoms with van der Waals surface area (Å²) in [7, 11) is 1.86. The number of nitrogens with zero attached hydrogens (tertiary/aromatic N) is 2. The van der Waals surface area contributed by atoms with E-state index in [9.17, 15) is 4.39 Å². The lowest BCUT2D eigenvalue weighted by Gasteiger charge is -2.09. The lowest BCUT2D eigenvalue weighted by molar-refractivity contribution is 0.628. The molecule has 0 saturated carbocycles. The quantitative estimate of drug-likeness (QED) is 0.936. The fourth-order valence-electron chi connectivity index (χ4n) is 1.87. The van der Waals surface area contributed by atoms with Crippen LogP contribution in [-0.2, 0) is 13.6 Å². The monoisotopic (exact) mass is 321 g/mol. The second-order valence-corrected chi connectivity index (χ2v) is 5.14. The van der Waals surface area contributed by atoms with Crippen molar-refractivity contribution in [2.24, 2.45) is 7.05 Å². The van der Waals surface area contributed by atoms with E-state index in [0.717, 1.165) is 15.7 Å². The lowest BCUT2D eigenvalue weighted by atomic mass is 10.2. The van der Waals surface area contributed by atoms with E-state index in [-0.39, 0.29) is 5.82 Å². The lowest BCUT2D eigenvalue weighted by Crippen LogP contribution is -2.02. The van der Waals surface area contributed by atoms with Gasteiger partial charge < -0.3 is 9.88 Å². The first-order valence-electron chi connectivity index (χ1n) is 5.77. The van der Waals surface area contributed by atoms with Crippen LogP contribution in [-0.4, -0.2) is 4.57 Å². The SMILES string of the molecule is Cc1c(CNc2cc(F)ccc2Br)cc(C#N)n1C. The molecule has 0 aliphatic heterocycles. The Hall–Kier alpha value is -1.80. The van der Waals surface area contributed by atoms with Crippen LogP contribution >= 0.6 is 15.9 Å². The molecule has 1 N–H and O–H groups in total. The molecule has 1 heterocycles. The third kappa shape index (κ3) is 2.79. The highest BCUT2D eigenvalue weighted by Gasteiger charge is 2.09. The van der Waals surface area contributed by atoms with E-state index >= 15 is 0 Å². The number of hydrogen-bond acceptors (Lipinski definition) is 2. The van der Waals surface area contributed by atoms with Crippen molar-refractivity contribution in [1.82, 2.24) is 4.57 Å². The molecule has 2 aromatic rings. The second kappa shape index (κ2) is 5.45. The van der Waals surface area contributed by atoms with Crippen LogP contribution in [0, 0.1) is 24.1 Å². The zero-order valence-corrected chi connectivity index (χ0v) is 12.3. The second-order valence-electron chi connectivity index (χ2n) is 4.29. The van der Waals surface area contributed by atoms with E-state index < -0.39 is 0 Å². The predicted octanol–water partition coefficient (Wildman–Crippen LogP) is 3.72. The van der Waals surface area contributed by atoms with Gasteiger partial charge in [0.15, 0.2) is 0 Å². The maximum atomic E-state index is 13.2. The third-order valence-corrected chi connectivity index (χ3v) is 3.84. The molecule has 0 bridgehead atoms. The minimum atomic E-state index is -0.284. The van der Waals surface area contributed by atoms with Gasteiger partial charge in [-0.15, -0.1) is 0 Å². The molecule has 0 spiro atoms. The molecular formula is C14H13BrFN3. The number of benzene rings is 1.